The highest BCUT2D eigenvalue weighted by Gasteiger charge is 2.17. The molecule has 2 aromatic rings. The lowest BCUT2D eigenvalue weighted by Gasteiger charge is -2.34. The first-order valence-electron chi connectivity index (χ1n) is 9.47. The molecule has 2 amide bonds. The van der Waals surface area contributed by atoms with Crippen molar-refractivity contribution in [2.24, 2.45) is 0 Å². The molecule has 0 atom stereocenters. The van der Waals surface area contributed by atoms with Gasteiger partial charge in [0.2, 0.25) is 11.8 Å². The quantitative estimate of drug-likeness (QED) is 0.820. The number of likely N-dealkylation sites (N-methyl/N-ethyl adjacent to an activating group) is 1. The van der Waals surface area contributed by atoms with Gasteiger partial charge in [-0.2, -0.15) is 0 Å². The molecule has 0 radical (unpaired) electrons. The second-order valence-corrected chi connectivity index (χ2v) is 7.10. The third-order valence-electron chi connectivity index (χ3n) is 4.87. The van der Waals surface area contributed by atoms with Crippen molar-refractivity contribution in [2.45, 2.75) is 20.3 Å². The molecule has 1 fully saturated rings. The molecule has 8 heteroatoms. The molecule has 0 bridgehead atoms. The normalized spacial score (nSPS) is 14.8. The Kier molecular flexibility index (Phi) is 6.30. The van der Waals surface area contributed by atoms with Crippen LogP contribution in [0.5, 0.6) is 0 Å². The van der Waals surface area contributed by atoms with Gasteiger partial charge in [-0.05, 0) is 38.2 Å². The Balaban J connectivity index is 1.58. The van der Waals surface area contributed by atoms with Crippen LogP contribution in [0.25, 0.3) is 0 Å². The molecule has 1 aliphatic rings. The van der Waals surface area contributed by atoms with Gasteiger partial charge in [-0.3, -0.25) is 9.59 Å². The van der Waals surface area contributed by atoms with E-state index in [4.69, 9.17) is 4.52 Å². The minimum Gasteiger partial charge on any atom is -0.369 e. The summed E-state index contributed by atoms with van der Waals surface area (Å²) < 4.78 is 4.93. The Morgan fingerprint density at radius 1 is 1.18 bits per heavy atom. The summed E-state index contributed by atoms with van der Waals surface area (Å²) in [5.74, 6) is 0.695. The van der Waals surface area contributed by atoms with Crippen molar-refractivity contribution in [3.05, 3.63) is 36.1 Å². The molecule has 1 N–H and O–H groups in total. The van der Waals surface area contributed by atoms with E-state index in [2.05, 4.69) is 27.3 Å². The molecule has 3 rings (SSSR count). The van der Waals surface area contributed by atoms with Gasteiger partial charge in [0, 0.05) is 63.5 Å². The molecule has 0 saturated carbocycles. The fourth-order valence-corrected chi connectivity index (χ4v) is 3.22. The highest BCUT2D eigenvalue weighted by atomic mass is 16.5. The number of benzene rings is 1. The van der Waals surface area contributed by atoms with Crippen LogP contribution in [0.15, 0.2) is 34.9 Å². The molecule has 1 aromatic heterocycles. The van der Waals surface area contributed by atoms with E-state index in [1.807, 2.05) is 24.3 Å². The van der Waals surface area contributed by atoms with Crippen LogP contribution in [-0.2, 0) is 9.59 Å². The summed E-state index contributed by atoms with van der Waals surface area (Å²) in [5, 5.41) is 6.41. The Morgan fingerprint density at radius 2 is 1.86 bits per heavy atom. The van der Waals surface area contributed by atoms with Gasteiger partial charge in [0.15, 0.2) is 5.82 Å². The molecule has 28 heavy (non-hydrogen) atoms. The molecular weight excluding hydrogens is 358 g/mol. The number of carbonyl (C=O) groups excluding carboxylic acids is 2. The zero-order valence-electron chi connectivity index (χ0n) is 16.6. The second kappa shape index (κ2) is 8.88. The lowest BCUT2D eigenvalue weighted by atomic mass is 10.2. The fraction of sp³-hybridized carbons (Fsp3) is 0.450. The third-order valence-corrected chi connectivity index (χ3v) is 4.87. The zero-order chi connectivity index (χ0) is 20.1. The summed E-state index contributed by atoms with van der Waals surface area (Å²) >= 11 is 0. The zero-order valence-corrected chi connectivity index (χ0v) is 16.6. The first-order chi connectivity index (χ1) is 13.4. The van der Waals surface area contributed by atoms with Gasteiger partial charge >= 0.3 is 0 Å². The van der Waals surface area contributed by atoms with Crippen LogP contribution in [0.1, 0.15) is 19.1 Å². The predicted molar refractivity (Wildman–Crippen MR) is 109 cm³/mol. The van der Waals surface area contributed by atoms with Crippen molar-refractivity contribution in [2.75, 3.05) is 54.9 Å². The monoisotopic (exact) mass is 385 g/mol. The fourth-order valence-electron chi connectivity index (χ4n) is 3.22. The number of hydrogen-bond donors (Lipinski definition) is 1. The number of carbonyl (C=O) groups is 2. The summed E-state index contributed by atoms with van der Waals surface area (Å²) in [4.78, 5) is 30.5. The Labute approximate surface area is 165 Å². The van der Waals surface area contributed by atoms with Crippen LogP contribution in [0.4, 0.5) is 17.2 Å². The van der Waals surface area contributed by atoms with Gasteiger partial charge in [-0.15, -0.1) is 0 Å². The van der Waals surface area contributed by atoms with Crippen LogP contribution in [0.2, 0.25) is 0 Å². The van der Waals surface area contributed by atoms with Gasteiger partial charge < -0.3 is 24.5 Å². The van der Waals surface area contributed by atoms with E-state index in [9.17, 15) is 9.59 Å². The van der Waals surface area contributed by atoms with E-state index < -0.39 is 0 Å². The topological polar surface area (TPSA) is 81.9 Å². The average molecular weight is 385 g/mol. The van der Waals surface area contributed by atoms with Gasteiger partial charge in [-0.1, -0.05) is 5.16 Å². The lowest BCUT2D eigenvalue weighted by Crippen LogP contribution is -2.44. The molecule has 150 valence electrons. The number of aromatic nitrogens is 1. The third kappa shape index (κ3) is 5.10. The number of rotatable bonds is 6. The highest BCUT2D eigenvalue weighted by molar-refractivity contribution is 5.94. The Bertz CT molecular complexity index is 810. The number of nitrogens with one attached hydrogen (secondary N) is 1. The molecule has 1 aromatic carbocycles. The summed E-state index contributed by atoms with van der Waals surface area (Å²) in [7, 11) is 2.13. The molecule has 8 nitrogen and oxygen atoms in total. The van der Waals surface area contributed by atoms with Crippen LogP contribution in [-0.4, -0.2) is 61.6 Å². The van der Waals surface area contributed by atoms with Crippen LogP contribution >= 0.6 is 0 Å². The standard InChI is InChI=1S/C20H27N5O3/c1-15-14-19(22-28-15)21-20(27)8-9-25(16(2)26)18-6-4-17(5-7-18)24-12-10-23(3)11-13-24/h4-7,14H,8-13H2,1-3H3,(H,21,22,27). The maximum Gasteiger partial charge on any atom is 0.227 e. The van der Waals surface area contributed by atoms with Gasteiger partial charge in [-0.25, -0.2) is 0 Å². The minimum absolute atomic E-state index is 0.0996. The maximum absolute atomic E-state index is 12.1. The summed E-state index contributed by atoms with van der Waals surface area (Å²) in [6.07, 6.45) is 0.172. The van der Waals surface area contributed by atoms with Gasteiger partial charge in [0.05, 0.1) is 0 Å². The van der Waals surface area contributed by atoms with Gasteiger partial charge in [0.1, 0.15) is 5.76 Å². The average Bonchev–Trinajstić information content (AvgIpc) is 3.07. The molecular formula is C20H27N5O3. The van der Waals surface area contributed by atoms with E-state index in [0.29, 0.717) is 18.1 Å². The Morgan fingerprint density at radius 3 is 2.43 bits per heavy atom. The van der Waals surface area contributed by atoms with Crippen molar-refractivity contribution < 1.29 is 14.1 Å². The first kappa shape index (κ1) is 19.9. The first-order valence-corrected chi connectivity index (χ1v) is 9.47. The molecule has 1 aliphatic heterocycles. The largest absolute Gasteiger partial charge is 0.369 e. The van der Waals surface area contributed by atoms with E-state index in [0.717, 1.165) is 37.6 Å². The van der Waals surface area contributed by atoms with Crippen molar-refractivity contribution >= 4 is 29.0 Å². The molecule has 2 heterocycles. The Hall–Kier alpha value is -2.87. The number of anilines is 3. The van der Waals surface area contributed by atoms with E-state index in [-0.39, 0.29) is 18.2 Å². The van der Waals surface area contributed by atoms with Crippen LogP contribution in [0, 0.1) is 6.92 Å². The second-order valence-electron chi connectivity index (χ2n) is 7.10. The molecule has 1 saturated heterocycles. The SMILES string of the molecule is CC(=O)N(CCC(=O)Nc1cc(C)on1)c1ccc(N2CCN(C)CC2)cc1. The van der Waals surface area contributed by atoms with Gasteiger partial charge in [0.25, 0.3) is 0 Å². The molecule has 0 unspecified atom stereocenters. The number of piperazine rings is 1. The summed E-state index contributed by atoms with van der Waals surface area (Å²) in [6.45, 7) is 7.63. The molecule has 0 aliphatic carbocycles. The van der Waals surface area contributed by atoms with Crippen molar-refractivity contribution in [3.63, 3.8) is 0 Å². The lowest BCUT2D eigenvalue weighted by molar-refractivity contribution is -0.117. The summed E-state index contributed by atoms with van der Waals surface area (Å²) in [6, 6.07) is 9.60. The molecule has 0 spiro atoms. The summed E-state index contributed by atoms with van der Waals surface area (Å²) in [5.41, 5.74) is 1.94. The minimum atomic E-state index is -0.214. The van der Waals surface area contributed by atoms with E-state index in [1.54, 1.807) is 17.9 Å². The number of amides is 2. The van der Waals surface area contributed by atoms with E-state index >= 15 is 0 Å². The maximum atomic E-state index is 12.1. The highest BCUT2D eigenvalue weighted by Crippen LogP contribution is 2.22. The van der Waals surface area contributed by atoms with Crippen LogP contribution in [0.3, 0.4) is 0 Å². The number of hydrogen-bond acceptors (Lipinski definition) is 6. The predicted octanol–water partition coefficient (Wildman–Crippen LogP) is 2.12. The number of nitrogens with zero attached hydrogens (tertiary/aromatic N) is 4. The van der Waals surface area contributed by atoms with Crippen molar-refractivity contribution in [3.8, 4) is 0 Å². The van der Waals surface area contributed by atoms with Crippen molar-refractivity contribution in [1.29, 1.82) is 0 Å². The smallest absolute Gasteiger partial charge is 0.227 e. The van der Waals surface area contributed by atoms with Crippen molar-refractivity contribution in [1.82, 2.24) is 10.1 Å². The number of aryl methyl sites for hydroxylation is 1. The van der Waals surface area contributed by atoms with E-state index in [1.165, 1.54) is 6.92 Å². The van der Waals surface area contributed by atoms with Crippen LogP contribution < -0.4 is 15.1 Å².